The van der Waals surface area contributed by atoms with E-state index >= 15 is 0 Å². The number of rotatable bonds is 3. The SMILES string of the molecule is Cc1cccc(CN(C)c2ccc(C)cc2N)c1. The molecule has 2 aromatic carbocycles. The second-order valence-electron chi connectivity index (χ2n) is 4.91. The first-order valence-electron chi connectivity index (χ1n) is 6.19. The molecular formula is C16H20N2. The van der Waals surface area contributed by atoms with Crippen LogP contribution >= 0.6 is 0 Å². The molecule has 2 N–H and O–H groups in total. The van der Waals surface area contributed by atoms with E-state index in [2.05, 4.69) is 62.2 Å². The fourth-order valence-corrected chi connectivity index (χ4v) is 2.19. The first-order valence-corrected chi connectivity index (χ1v) is 6.19. The van der Waals surface area contributed by atoms with Crippen molar-refractivity contribution in [1.29, 1.82) is 0 Å². The minimum Gasteiger partial charge on any atom is -0.397 e. The summed E-state index contributed by atoms with van der Waals surface area (Å²) in [6, 6.07) is 14.8. The largest absolute Gasteiger partial charge is 0.397 e. The minimum atomic E-state index is 0.838. The van der Waals surface area contributed by atoms with Gasteiger partial charge >= 0.3 is 0 Å². The van der Waals surface area contributed by atoms with E-state index in [1.807, 2.05) is 6.07 Å². The molecule has 0 aliphatic heterocycles. The molecule has 0 unspecified atom stereocenters. The minimum absolute atomic E-state index is 0.838. The van der Waals surface area contributed by atoms with Crippen LogP contribution in [0.1, 0.15) is 16.7 Å². The first-order chi connectivity index (χ1) is 8.56. The van der Waals surface area contributed by atoms with Crippen LogP contribution in [0.2, 0.25) is 0 Å². The van der Waals surface area contributed by atoms with E-state index in [1.165, 1.54) is 16.7 Å². The van der Waals surface area contributed by atoms with Crippen LogP contribution < -0.4 is 10.6 Å². The summed E-state index contributed by atoms with van der Waals surface area (Å²) < 4.78 is 0. The fraction of sp³-hybridized carbons (Fsp3) is 0.250. The maximum absolute atomic E-state index is 6.06. The highest BCUT2D eigenvalue weighted by atomic mass is 15.1. The highest BCUT2D eigenvalue weighted by Gasteiger charge is 2.06. The predicted molar refractivity (Wildman–Crippen MR) is 78.9 cm³/mol. The number of anilines is 2. The van der Waals surface area contributed by atoms with Gasteiger partial charge in [-0.05, 0) is 37.1 Å². The third-order valence-electron chi connectivity index (χ3n) is 3.10. The molecule has 0 atom stereocenters. The molecule has 2 aromatic rings. The Morgan fingerprint density at radius 2 is 1.72 bits per heavy atom. The van der Waals surface area contributed by atoms with Gasteiger partial charge in [-0.2, -0.15) is 0 Å². The summed E-state index contributed by atoms with van der Waals surface area (Å²) in [6.45, 7) is 5.04. The number of nitrogens with two attached hydrogens (primary N) is 1. The lowest BCUT2D eigenvalue weighted by atomic mass is 10.1. The normalized spacial score (nSPS) is 10.4. The zero-order valence-electron chi connectivity index (χ0n) is 11.3. The van der Waals surface area contributed by atoms with E-state index in [0.29, 0.717) is 0 Å². The Kier molecular flexibility index (Phi) is 3.56. The quantitative estimate of drug-likeness (QED) is 0.832. The maximum Gasteiger partial charge on any atom is 0.0600 e. The number of hydrogen-bond donors (Lipinski definition) is 1. The van der Waals surface area contributed by atoms with Gasteiger partial charge in [-0.15, -0.1) is 0 Å². The maximum atomic E-state index is 6.06. The molecule has 94 valence electrons. The highest BCUT2D eigenvalue weighted by molar-refractivity contribution is 5.68. The Labute approximate surface area is 109 Å². The lowest BCUT2D eigenvalue weighted by Crippen LogP contribution is -2.17. The van der Waals surface area contributed by atoms with E-state index < -0.39 is 0 Å². The van der Waals surface area contributed by atoms with Gasteiger partial charge in [0.05, 0.1) is 11.4 Å². The lowest BCUT2D eigenvalue weighted by Gasteiger charge is -2.21. The van der Waals surface area contributed by atoms with Gasteiger partial charge in [-0.25, -0.2) is 0 Å². The van der Waals surface area contributed by atoms with Crippen LogP contribution in [0.25, 0.3) is 0 Å². The van der Waals surface area contributed by atoms with Crippen molar-refractivity contribution in [3.05, 3.63) is 59.2 Å². The predicted octanol–water partition coefficient (Wildman–Crippen LogP) is 3.52. The van der Waals surface area contributed by atoms with Crippen LogP contribution in [0.4, 0.5) is 11.4 Å². The van der Waals surface area contributed by atoms with Crippen LogP contribution in [0.15, 0.2) is 42.5 Å². The summed E-state index contributed by atoms with van der Waals surface area (Å²) in [5.74, 6) is 0. The van der Waals surface area contributed by atoms with E-state index in [9.17, 15) is 0 Å². The Hall–Kier alpha value is -1.96. The van der Waals surface area contributed by atoms with Gasteiger partial charge < -0.3 is 10.6 Å². The summed E-state index contributed by atoms with van der Waals surface area (Å²) in [7, 11) is 2.07. The molecule has 0 bridgehead atoms. The van der Waals surface area contributed by atoms with E-state index in [0.717, 1.165) is 17.9 Å². The van der Waals surface area contributed by atoms with Crippen molar-refractivity contribution in [1.82, 2.24) is 0 Å². The van der Waals surface area contributed by atoms with Gasteiger partial charge in [-0.3, -0.25) is 0 Å². The topological polar surface area (TPSA) is 29.3 Å². The van der Waals surface area contributed by atoms with Crippen LogP contribution in [-0.4, -0.2) is 7.05 Å². The smallest absolute Gasteiger partial charge is 0.0600 e. The first kappa shape index (κ1) is 12.5. The average Bonchev–Trinajstić information content (AvgIpc) is 2.28. The molecule has 0 aliphatic rings. The van der Waals surface area contributed by atoms with E-state index in [4.69, 9.17) is 5.73 Å². The Morgan fingerprint density at radius 3 is 2.39 bits per heavy atom. The summed E-state index contributed by atoms with van der Waals surface area (Å²) in [6.07, 6.45) is 0. The number of hydrogen-bond acceptors (Lipinski definition) is 2. The van der Waals surface area contributed by atoms with E-state index in [-0.39, 0.29) is 0 Å². The molecule has 0 aromatic heterocycles. The monoisotopic (exact) mass is 240 g/mol. The zero-order chi connectivity index (χ0) is 13.1. The van der Waals surface area contributed by atoms with Gasteiger partial charge in [0.2, 0.25) is 0 Å². The molecule has 18 heavy (non-hydrogen) atoms. The van der Waals surface area contributed by atoms with Gasteiger partial charge in [0.1, 0.15) is 0 Å². The van der Waals surface area contributed by atoms with Crippen molar-refractivity contribution in [3.63, 3.8) is 0 Å². The molecule has 2 rings (SSSR count). The summed E-state index contributed by atoms with van der Waals surface area (Å²) in [4.78, 5) is 2.18. The second kappa shape index (κ2) is 5.13. The van der Waals surface area contributed by atoms with Crippen LogP contribution in [-0.2, 0) is 6.54 Å². The van der Waals surface area contributed by atoms with Crippen molar-refractivity contribution in [3.8, 4) is 0 Å². The van der Waals surface area contributed by atoms with Gasteiger partial charge in [0.25, 0.3) is 0 Å². The summed E-state index contributed by atoms with van der Waals surface area (Å²) >= 11 is 0. The molecule has 0 fully saturated rings. The second-order valence-corrected chi connectivity index (χ2v) is 4.91. The Morgan fingerprint density at radius 1 is 1.00 bits per heavy atom. The highest BCUT2D eigenvalue weighted by Crippen LogP contribution is 2.24. The molecule has 0 amide bonds. The third kappa shape index (κ3) is 2.83. The van der Waals surface area contributed by atoms with Crippen molar-refractivity contribution in [2.75, 3.05) is 17.7 Å². The molecule has 0 heterocycles. The van der Waals surface area contributed by atoms with Gasteiger partial charge in [0.15, 0.2) is 0 Å². The van der Waals surface area contributed by atoms with Crippen LogP contribution in [0, 0.1) is 13.8 Å². The molecule has 0 saturated heterocycles. The third-order valence-corrected chi connectivity index (χ3v) is 3.10. The summed E-state index contributed by atoms with van der Waals surface area (Å²) in [5, 5.41) is 0. The molecular weight excluding hydrogens is 220 g/mol. The molecule has 0 aliphatic carbocycles. The molecule has 0 spiro atoms. The standard InChI is InChI=1S/C16H20N2/c1-12-5-4-6-14(9-12)11-18(3)16-8-7-13(2)10-15(16)17/h4-10H,11,17H2,1-3H3. The molecule has 0 radical (unpaired) electrons. The van der Waals surface area contributed by atoms with Crippen molar-refractivity contribution in [2.24, 2.45) is 0 Å². The van der Waals surface area contributed by atoms with Crippen LogP contribution in [0.5, 0.6) is 0 Å². The van der Waals surface area contributed by atoms with Gasteiger partial charge in [0, 0.05) is 13.6 Å². The summed E-state index contributed by atoms with van der Waals surface area (Å²) in [5.41, 5.74) is 11.8. The van der Waals surface area contributed by atoms with Crippen molar-refractivity contribution >= 4 is 11.4 Å². The molecule has 2 heteroatoms. The van der Waals surface area contributed by atoms with E-state index in [1.54, 1.807) is 0 Å². The number of nitrogens with zero attached hydrogens (tertiary/aromatic N) is 1. The van der Waals surface area contributed by atoms with Crippen LogP contribution in [0.3, 0.4) is 0 Å². The lowest BCUT2D eigenvalue weighted by molar-refractivity contribution is 0.923. The number of benzene rings is 2. The number of aryl methyl sites for hydroxylation is 2. The average molecular weight is 240 g/mol. The number of nitrogen functional groups attached to an aromatic ring is 1. The zero-order valence-corrected chi connectivity index (χ0v) is 11.3. The molecule has 0 saturated carbocycles. The van der Waals surface area contributed by atoms with Crippen molar-refractivity contribution < 1.29 is 0 Å². The Bertz CT molecular complexity index is 547. The van der Waals surface area contributed by atoms with Gasteiger partial charge in [-0.1, -0.05) is 35.9 Å². The molecule has 2 nitrogen and oxygen atoms in total. The van der Waals surface area contributed by atoms with Crippen molar-refractivity contribution in [2.45, 2.75) is 20.4 Å². The Balaban J connectivity index is 2.19. The fourth-order valence-electron chi connectivity index (χ4n) is 2.19.